The first-order valence-corrected chi connectivity index (χ1v) is 11.2. The number of nitro benzene ring substituents is 1. The predicted octanol–water partition coefficient (Wildman–Crippen LogP) is 5.16. The van der Waals surface area contributed by atoms with Crippen molar-refractivity contribution in [1.29, 1.82) is 0 Å². The Morgan fingerprint density at radius 2 is 1.43 bits per heavy atom. The lowest BCUT2D eigenvalue weighted by molar-refractivity contribution is -0.384. The molecule has 0 fully saturated rings. The van der Waals surface area contributed by atoms with E-state index in [0.29, 0.717) is 5.69 Å². The van der Waals surface area contributed by atoms with E-state index in [1.807, 2.05) is 38.1 Å². The summed E-state index contributed by atoms with van der Waals surface area (Å²) >= 11 is 1.02. The van der Waals surface area contributed by atoms with Crippen LogP contribution in [0.1, 0.15) is 11.1 Å². The van der Waals surface area contributed by atoms with Gasteiger partial charge in [0.05, 0.1) is 15.5 Å². The van der Waals surface area contributed by atoms with Gasteiger partial charge >= 0.3 is 0 Å². The number of sulfone groups is 1. The molecule has 30 heavy (non-hydrogen) atoms. The average Bonchev–Trinajstić information content (AvgIpc) is 2.73. The topological polar surface area (TPSA) is 102 Å². The van der Waals surface area contributed by atoms with Gasteiger partial charge in [-0.3, -0.25) is 15.5 Å². The second-order valence-corrected chi connectivity index (χ2v) is 9.71. The molecule has 0 aliphatic rings. The van der Waals surface area contributed by atoms with Crippen LogP contribution in [0.15, 0.2) is 87.7 Å². The molecule has 0 aromatic heterocycles. The molecule has 154 valence electrons. The Morgan fingerprint density at radius 3 is 1.97 bits per heavy atom. The van der Waals surface area contributed by atoms with Crippen LogP contribution in [0, 0.1) is 24.0 Å². The summed E-state index contributed by atoms with van der Waals surface area (Å²) in [6, 6.07) is 19.5. The second-order valence-electron chi connectivity index (χ2n) is 6.53. The number of anilines is 1. The summed E-state index contributed by atoms with van der Waals surface area (Å²) in [5.41, 5.74) is 5.07. The quantitative estimate of drug-likeness (QED) is 0.193. The highest BCUT2D eigenvalue weighted by Gasteiger charge is 2.24. The van der Waals surface area contributed by atoms with Crippen molar-refractivity contribution in [3.05, 3.63) is 94.0 Å². The first kappa shape index (κ1) is 21.5. The standard InChI is InChI=1S/C21H19N3O4S2/c1-15-3-11-19(12-4-15)29-21(30(27,28)20-13-5-16(2)6-14-20)23-22-17-7-9-18(10-8-17)24(25)26/h3-14,22H,1-2H3/b23-21+. The molecule has 7 nitrogen and oxygen atoms in total. The summed E-state index contributed by atoms with van der Waals surface area (Å²) in [7, 11) is -3.88. The number of nitrogens with one attached hydrogen (secondary N) is 1. The molecular formula is C21H19N3O4S2. The molecule has 0 radical (unpaired) electrons. The molecule has 0 unspecified atom stereocenters. The highest BCUT2D eigenvalue weighted by atomic mass is 32.3. The number of aryl methyl sites for hydroxylation is 2. The van der Waals surface area contributed by atoms with Crippen LogP contribution in [-0.4, -0.2) is 17.7 Å². The zero-order valence-electron chi connectivity index (χ0n) is 16.3. The third-order valence-electron chi connectivity index (χ3n) is 4.14. The van der Waals surface area contributed by atoms with Gasteiger partial charge in [0.2, 0.25) is 14.2 Å². The zero-order chi connectivity index (χ0) is 21.7. The van der Waals surface area contributed by atoms with Crippen molar-refractivity contribution >= 4 is 37.3 Å². The van der Waals surface area contributed by atoms with Gasteiger partial charge in [0.1, 0.15) is 0 Å². The normalized spacial score (nSPS) is 11.9. The van der Waals surface area contributed by atoms with Crippen LogP contribution in [0.5, 0.6) is 0 Å². The van der Waals surface area contributed by atoms with Gasteiger partial charge in [-0.15, -0.1) is 0 Å². The number of benzene rings is 3. The van der Waals surface area contributed by atoms with Crippen LogP contribution < -0.4 is 5.43 Å². The number of hydrogen-bond donors (Lipinski definition) is 1. The summed E-state index contributed by atoms with van der Waals surface area (Å²) in [6.45, 7) is 3.82. The van der Waals surface area contributed by atoms with Gasteiger partial charge in [-0.25, -0.2) is 8.42 Å². The third kappa shape index (κ3) is 5.25. The zero-order valence-corrected chi connectivity index (χ0v) is 17.9. The Morgan fingerprint density at radius 1 is 0.900 bits per heavy atom. The number of hydrazone groups is 1. The molecule has 0 saturated carbocycles. The second kappa shape index (κ2) is 9.10. The summed E-state index contributed by atoms with van der Waals surface area (Å²) < 4.78 is 26.3. The molecule has 9 heteroatoms. The van der Waals surface area contributed by atoms with Crippen molar-refractivity contribution < 1.29 is 13.3 Å². The van der Waals surface area contributed by atoms with Gasteiger partial charge in [0, 0.05) is 17.0 Å². The molecule has 0 spiro atoms. The van der Waals surface area contributed by atoms with Crippen LogP contribution in [0.3, 0.4) is 0 Å². The van der Waals surface area contributed by atoms with E-state index in [0.717, 1.165) is 27.8 Å². The van der Waals surface area contributed by atoms with E-state index in [9.17, 15) is 18.5 Å². The highest BCUT2D eigenvalue weighted by molar-refractivity contribution is 8.35. The van der Waals surface area contributed by atoms with E-state index in [4.69, 9.17) is 0 Å². The minimum atomic E-state index is -3.88. The van der Waals surface area contributed by atoms with Crippen LogP contribution in [0.25, 0.3) is 0 Å². The largest absolute Gasteiger partial charge is 0.277 e. The lowest BCUT2D eigenvalue weighted by Crippen LogP contribution is -2.14. The van der Waals surface area contributed by atoms with Gasteiger partial charge in [0.15, 0.2) is 0 Å². The van der Waals surface area contributed by atoms with Crippen molar-refractivity contribution in [3.63, 3.8) is 0 Å². The predicted molar refractivity (Wildman–Crippen MR) is 120 cm³/mol. The fraction of sp³-hybridized carbons (Fsp3) is 0.0952. The van der Waals surface area contributed by atoms with Crippen molar-refractivity contribution in [2.24, 2.45) is 5.10 Å². The molecule has 0 bridgehead atoms. The molecule has 0 saturated heterocycles. The molecule has 0 heterocycles. The van der Waals surface area contributed by atoms with E-state index in [2.05, 4.69) is 10.5 Å². The lowest BCUT2D eigenvalue weighted by Gasteiger charge is -2.10. The van der Waals surface area contributed by atoms with E-state index >= 15 is 0 Å². The summed E-state index contributed by atoms with van der Waals surface area (Å²) in [6.07, 6.45) is 0. The fourth-order valence-corrected chi connectivity index (χ4v) is 4.87. The molecule has 0 amide bonds. The average molecular weight is 442 g/mol. The number of rotatable bonds is 5. The summed E-state index contributed by atoms with van der Waals surface area (Å²) in [5.74, 6) is 0. The Balaban J connectivity index is 1.95. The van der Waals surface area contributed by atoms with E-state index in [1.54, 1.807) is 24.3 Å². The van der Waals surface area contributed by atoms with Crippen LogP contribution in [0.2, 0.25) is 0 Å². The van der Waals surface area contributed by atoms with E-state index < -0.39 is 14.8 Å². The summed E-state index contributed by atoms with van der Waals surface area (Å²) in [4.78, 5) is 11.1. The van der Waals surface area contributed by atoms with Gasteiger partial charge in [0.25, 0.3) is 5.69 Å². The van der Waals surface area contributed by atoms with Crippen molar-refractivity contribution in [2.75, 3.05) is 5.43 Å². The minimum absolute atomic E-state index is 0.0638. The van der Waals surface area contributed by atoms with Crippen LogP contribution in [0.4, 0.5) is 11.4 Å². The number of hydrogen-bond acceptors (Lipinski definition) is 7. The Labute approximate surface area is 178 Å². The Bertz CT molecular complexity index is 1170. The van der Waals surface area contributed by atoms with Crippen LogP contribution in [-0.2, 0) is 9.84 Å². The smallest absolute Gasteiger partial charge is 0.269 e. The lowest BCUT2D eigenvalue weighted by atomic mass is 10.2. The van der Waals surface area contributed by atoms with Gasteiger partial charge in [-0.05, 0) is 50.2 Å². The molecule has 0 atom stereocenters. The monoisotopic (exact) mass is 441 g/mol. The van der Waals surface area contributed by atoms with E-state index in [-0.39, 0.29) is 15.0 Å². The van der Waals surface area contributed by atoms with Crippen LogP contribution >= 0.6 is 11.8 Å². The molecule has 0 aliphatic carbocycles. The molecule has 3 rings (SSSR count). The molecular weight excluding hydrogens is 422 g/mol. The maximum Gasteiger partial charge on any atom is 0.269 e. The van der Waals surface area contributed by atoms with Gasteiger partial charge in [-0.1, -0.05) is 47.2 Å². The highest BCUT2D eigenvalue weighted by Crippen LogP contribution is 2.27. The van der Waals surface area contributed by atoms with Crippen molar-refractivity contribution in [3.8, 4) is 0 Å². The number of nitro groups is 1. The van der Waals surface area contributed by atoms with Crippen molar-refractivity contribution in [1.82, 2.24) is 0 Å². The molecule has 3 aromatic rings. The maximum atomic E-state index is 13.2. The molecule has 0 aliphatic heterocycles. The van der Waals surface area contributed by atoms with Gasteiger partial charge in [-0.2, -0.15) is 5.10 Å². The minimum Gasteiger partial charge on any atom is -0.277 e. The Hall–Kier alpha value is -3.17. The summed E-state index contributed by atoms with van der Waals surface area (Å²) in [5, 5.41) is 14.9. The first-order chi connectivity index (χ1) is 14.3. The number of non-ortho nitro benzene ring substituents is 1. The molecule has 1 N–H and O–H groups in total. The Kier molecular flexibility index (Phi) is 6.53. The van der Waals surface area contributed by atoms with Crippen molar-refractivity contribution in [2.45, 2.75) is 23.6 Å². The fourth-order valence-electron chi connectivity index (χ4n) is 2.43. The number of nitrogens with zero attached hydrogens (tertiary/aromatic N) is 2. The third-order valence-corrected chi connectivity index (χ3v) is 7.27. The van der Waals surface area contributed by atoms with Gasteiger partial charge < -0.3 is 0 Å². The molecule has 3 aromatic carbocycles. The van der Waals surface area contributed by atoms with E-state index in [1.165, 1.54) is 24.3 Å². The first-order valence-electron chi connectivity index (χ1n) is 8.90. The maximum absolute atomic E-state index is 13.2. The SMILES string of the molecule is Cc1ccc(S/C(=N\Nc2ccc([N+](=O)[O-])cc2)S(=O)(=O)c2ccc(C)cc2)cc1. The number of thioether (sulfide) groups is 1.